The van der Waals surface area contributed by atoms with Crippen LogP contribution in [0.3, 0.4) is 0 Å². The molecule has 0 bridgehead atoms. The second kappa shape index (κ2) is 8.60. The topological polar surface area (TPSA) is 26.0 Å². The van der Waals surface area contributed by atoms with E-state index in [0.717, 1.165) is 19.4 Å². The molecule has 0 aromatic heterocycles. The Morgan fingerprint density at radius 1 is 1.62 bits per heavy atom. The summed E-state index contributed by atoms with van der Waals surface area (Å²) in [4.78, 5) is 0. The van der Waals surface area contributed by atoms with Crippen molar-refractivity contribution in [2.24, 2.45) is 11.7 Å². The van der Waals surface area contributed by atoms with Crippen LogP contribution in [-0.4, -0.2) is 6.54 Å². The van der Waals surface area contributed by atoms with Crippen LogP contribution in [0.5, 0.6) is 0 Å². The zero-order chi connectivity index (χ0) is 5.70. The molecule has 0 aliphatic rings. The first-order chi connectivity index (χ1) is 3.27. The molecule has 0 saturated carbocycles. The predicted molar refractivity (Wildman–Crippen MR) is 32.8 cm³/mol. The zero-order valence-corrected chi connectivity index (χ0v) is 9.11. The summed E-state index contributed by atoms with van der Waals surface area (Å²) >= 11 is 0. The third-order valence-electron chi connectivity index (χ3n) is 0.901. The molecule has 0 saturated heterocycles. The van der Waals surface area contributed by atoms with E-state index in [4.69, 9.17) is 5.73 Å². The van der Waals surface area contributed by atoms with Gasteiger partial charge in [0.25, 0.3) is 0 Å². The fraction of sp³-hybridized carbons (Fsp3) is 0.833. The monoisotopic (exact) mass is 139 g/mol. The minimum absolute atomic E-state index is 0. The summed E-state index contributed by atoms with van der Waals surface area (Å²) in [7, 11) is 0. The van der Waals surface area contributed by atoms with Crippen molar-refractivity contribution < 1.29 is 51.4 Å². The van der Waals surface area contributed by atoms with Crippen molar-refractivity contribution in [1.29, 1.82) is 0 Å². The van der Waals surface area contributed by atoms with E-state index in [1.165, 1.54) is 0 Å². The van der Waals surface area contributed by atoms with E-state index < -0.39 is 0 Å². The van der Waals surface area contributed by atoms with Crippen LogP contribution in [0, 0.1) is 12.8 Å². The third-order valence-corrected chi connectivity index (χ3v) is 0.901. The zero-order valence-electron chi connectivity index (χ0n) is 5.98. The summed E-state index contributed by atoms with van der Waals surface area (Å²) < 4.78 is 0. The van der Waals surface area contributed by atoms with Gasteiger partial charge in [-0.2, -0.15) is 5.92 Å². The molecule has 0 fully saturated rings. The van der Waals surface area contributed by atoms with Gasteiger partial charge in [-0.3, -0.25) is 0 Å². The molecular formula is C6H14KN. The predicted octanol–water partition coefficient (Wildman–Crippen LogP) is -1.80. The second-order valence-corrected chi connectivity index (χ2v) is 2.04. The molecular weight excluding hydrogens is 125 g/mol. The van der Waals surface area contributed by atoms with Crippen molar-refractivity contribution in [2.45, 2.75) is 19.8 Å². The third kappa shape index (κ3) is 10.6. The first-order valence-electron chi connectivity index (χ1n) is 2.80. The quantitative estimate of drug-likeness (QED) is 0.362. The minimum Gasteiger partial charge on any atom is -0.341 e. The first kappa shape index (κ1) is 12.3. The normalized spacial score (nSPS) is 12.4. The molecule has 0 radical (unpaired) electrons. The smallest absolute Gasteiger partial charge is 0.341 e. The number of rotatable bonds is 3. The van der Waals surface area contributed by atoms with Crippen LogP contribution in [0.25, 0.3) is 0 Å². The molecule has 1 atom stereocenters. The summed E-state index contributed by atoms with van der Waals surface area (Å²) in [5.74, 6) is 0.573. The van der Waals surface area contributed by atoms with Crippen LogP contribution in [0.15, 0.2) is 0 Å². The maximum atomic E-state index is 5.25. The first-order valence-corrected chi connectivity index (χ1v) is 2.80. The Morgan fingerprint density at radius 2 is 2.12 bits per heavy atom. The molecule has 0 aromatic rings. The fourth-order valence-electron chi connectivity index (χ4n) is 0.466. The average Bonchev–Trinajstić information content (AvgIpc) is 1.61. The van der Waals surface area contributed by atoms with E-state index in [1.807, 2.05) is 0 Å². The van der Waals surface area contributed by atoms with E-state index in [9.17, 15) is 0 Å². The van der Waals surface area contributed by atoms with E-state index >= 15 is 0 Å². The molecule has 0 aromatic carbocycles. The SMILES string of the molecule is [CH2-]C(C)CCCN.[K+]. The summed E-state index contributed by atoms with van der Waals surface area (Å²) in [5.41, 5.74) is 5.25. The van der Waals surface area contributed by atoms with Gasteiger partial charge < -0.3 is 12.7 Å². The van der Waals surface area contributed by atoms with Gasteiger partial charge >= 0.3 is 51.4 Å². The second-order valence-electron chi connectivity index (χ2n) is 2.04. The Morgan fingerprint density at radius 3 is 2.25 bits per heavy atom. The largest absolute Gasteiger partial charge is 1.00 e. The maximum absolute atomic E-state index is 5.25. The van der Waals surface area contributed by atoms with Crippen LogP contribution >= 0.6 is 0 Å². The fourth-order valence-corrected chi connectivity index (χ4v) is 0.466. The Bertz CT molecular complexity index is 37.5. The van der Waals surface area contributed by atoms with Crippen molar-refractivity contribution in [3.8, 4) is 0 Å². The van der Waals surface area contributed by atoms with Gasteiger partial charge in [0, 0.05) is 0 Å². The molecule has 0 aliphatic heterocycles. The van der Waals surface area contributed by atoms with Gasteiger partial charge in [-0.25, -0.2) is 0 Å². The molecule has 1 unspecified atom stereocenters. The number of nitrogens with two attached hydrogens (primary N) is 1. The van der Waals surface area contributed by atoms with Gasteiger partial charge in [-0.05, 0) is 13.0 Å². The standard InChI is InChI=1S/C6H14N.K/c1-6(2)4-3-5-7;/h6H,1,3-5,7H2,2H3;/q-1;+1. The van der Waals surface area contributed by atoms with Gasteiger partial charge in [0.05, 0.1) is 0 Å². The van der Waals surface area contributed by atoms with Crippen LogP contribution < -0.4 is 57.1 Å². The Hall–Kier alpha value is 1.60. The van der Waals surface area contributed by atoms with Gasteiger partial charge in [-0.1, -0.05) is 13.3 Å². The van der Waals surface area contributed by atoms with Crippen LogP contribution in [0.2, 0.25) is 0 Å². The van der Waals surface area contributed by atoms with Gasteiger partial charge in [-0.15, -0.1) is 0 Å². The molecule has 0 rings (SSSR count). The molecule has 0 heterocycles. The molecule has 44 valence electrons. The van der Waals surface area contributed by atoms with Gasteiger partial charge in [0.2, 0.25) is 0 Å². The summed E-state index contributed by atoms with van der Waals surface area (Å²) in [6.07, 6.45) is 2.28. The Balaban J connectivity index is 0. The van der Waals surface area contributed by atoms with E-state index in [1.54, 1.807) is 0 Å². The van der Waals surface area contributed by atoms with E-state index in [2.05, 4.69) is 13.8 Å². The van der Waals surface area contributed by atoms with Crippen LogP contribution in [0.1, 0.15) is 19.8 Å². The Kier molecular flexibility index (Phi) is 13.2. The average molecular weight is 139 g/mol. The summed E-state index contributed by atoms with van der Waals surface area (Å²) in [6, 6.07) is 0. The number of hydrogen-bond acceptors (Lipinski definition) is 1. The van der Waals surface area contributed by atoms with Gasteiger partial charge in [0.15, 0.2) is 0 Å². The van der Waals surface area contributed by atoms with Crippen LogP contribution in [0.4, 0.5) is 0 Å². The minimum atomic E-state index is 0. The molecule has 1 nitrogen and oxygen atoms in total. The molecule has 0 amide bonds. The summed E-state index contributed by atoms with van der Waals surface area (Å²) in [5, 5.41) is 0. The molecule has 2 N–H and O–H groups in total. The van der Waals surface area contributed by atoms with E-state index in [0.29, 0.717) is 5.92 Å². The summed E-state index contributed by atoms with van der Waals surface area (Å²) in [6.45, 7) is 6.73. The Labute approximate surface area is 94.8 Å². The van der Waals surface area contributed by atoms with Crippen molar-refractivity contribution in [1.82, 2.24) is 0 Å². The van der Waals surface area contributed by atoms with Crippen molar-refractivity contribution in [3.63, 3.8) is 0 Å². The maximum Gasteiger partial charge on any atom is 1.00 e. The van der Waals surface area contributed by atoms with Crippen molar-refractivity contribution in [2.75, 3.05) is 6.54 Å². The van der Waals surface area contributed by atoms with E-state index in [-0.39, 0.29) is 51.4 Å². The van der Waals surface area contributed by atoms with Gasteiger partial charge in [0.1, 0.15) is 0 Å². The number of hydrogen-bond donors (Lipinski definition) is 1. The molecule has 0 spiro atoms. The molecule has 8 heavy (non-hydrogen) atoms. The molecule has 0 aliphatic carbocycles. The van der Waals surface area contributed by atoms with Crippen LogP contribution in [-0.2, 0) is 0 Å². The van der Waals surface area contributed by atoms with Crippen molar-refractivity contribution in [3.05, 3.63) is 6.92 Å². The van der Waals surface area contributed by atoms with Crippen molar-refractivity contribution >= 4 is 0 Å². The molecule has 2 heteroatoms.